The second kappa shape index (κ2) is 4.67. The van der Waals surface area contributed by atoms with E-state index < -0.39 is 0 Å². The van der Waals surface area contributed by atoms with E-state index in [0.29, 0.717) is 23.3 Å². The van der Waals surface area contributed by atoms with E-state index in [1.54, 1.807) is 12.1 Å². The molecule has 0 bridgehead atoms. The largest absolute Gasteiger partial charge is 0.504 e. The van der Waals surface area contributed by atoms with Crippen molar-refractivity contribution in [1.29, 1.82) is 5.26 Å². The molecule has 3 N–H and O–H groups in total. The number of nitrogens with zero attached hydrogens (tertiary/aromatic N) is 1. The van der Waals surface area contributed by atoms with E-state index in [1.807, 2.05) is 13.0 Å². The van der Waals surface area contributed by atoms with Gasteiger partial charge in [0, 0.05) is 11.6 Å². The molecule has 0 radical (unpaired) electrons. The Balaban J connectivity index is 3.37. The van der Waals surface area contributed by atoms with Crippen LogP contribution in [0.5, 0.6) is 11.5 Å². The van der Waals surface area contributed by atoms with E-state index in [0.717, 1.165) is 0 Å². The van der Waals surface area contributed by atoms with Gasteiger partial charge >= 0.3 is 0 Å². The minimum Gasteiger partial charge on any atom is -0.504 e. The molecule has 4 heteroatoms. The van der Waals surface area contributed by atoms with Crippen molar-refractivity contribution in [2.75, 3.05) is 7.11 Å². The SMILES string of the molecule is CC[C@H](N)c1c(C#N)ccc(OC)c1O. The molecule has 15 heavy (non-hydrogen) atoms. The number of hydrogen-bond acceptors (Lipinski definition) is 4. The molecule has 0 aliphatic heterocycles. The monoisotopic (exact) mass is 206 g/mol. The number of hydrogen-bond donors (Lipinski definition) is 2. The van der Waals surface area contributed by atoms with Crippen molar-refractivity contribution in [3.63, 3.8) is 0 Å². The van der Waals surface area contributed by atoms with E-state index in [9.17, 15) is 5.11 Å². The van der Waals surface area contributed by atoms with Crippen LogP contribution in [0.2, 0.25) is 0 Å². The van der Waals surface area contributed by atoms with Gasteiger partial charge in [-0.05, 0) is 18.6 Å². The van der Waals surface area contributed by atoms with Crippen molar-refractivity contribution in [2.45, 2.75) is 19.4 Å². The van der Waals surface area contributed by atoms with Gasteiger partial charge in [0.05, 0.1) is 18.7 Å². The molecule has 80 valence electrons. The second-order valence-corrected chi connectivity index (χ2v) is 3.20. The Labute approximate surface area is 88.9 Å². The molecule has 0 saturated heterocycles. The lowest BCUT2D eigenvalue weighted by molar-refractivity contribution is 0.368. The van der Waals surface area contributed by atoms with Crippen LogP contribution in [-0.2, 0) is 0 Å². The Morgan fingerprint density at radius 2 is 2.27 bits per heavy atom. The zero-order chi connectivity index (χ0) is 11.4. The first-order valence-electron chi connectivity index (χ1n) is 4.71. The molecular weight excluding hydrogens is 192 g/mol. The highest BCUT2D eigenvalue weighted by Crippen LogP contribution is 2.36. The molecule has 4 nitrogen and oxygen atoms in total. The maximum Gasteiger partial charge on any atom is 0.163 e. The summed E-state index contributed by atoms with van der Waals surface area (Å²) in [5, 5.41) is 18.7. The number of aromatic hydroxyl groups is 1. The quantitative estimate of drug-likeness (QED) is 0.788. The molecule has 1 aromatic carbocycles. The van der Waals surface area contributed by atoms with Crippen molar-refractivity contribution >= 4 is 0 Å². The van der Waals surface area contributed by atoms with Crippen LogP contribution < -0.4 is 10.5 Å². The Bertz CT molecular complexity index is 396. The van der Waals surface area contributed by atoms with Gasteiger partial charge < -0.3 is 15.6 Å². The van der Waals surface area contributed by atoms with Crippen LogP contribution in [0.15, 0.2) is 12.1 Å². The number of nitrogens with two attached hydrogens (primary N) is 1. The van der Waals surface area contributed by atoms with Crippen LogP contribution in [0, 0.1) is 11.3 Å². The topological polar surface area (TPSA) is 79.3 Å². The zero-order valence-corrected chi connectivity index (χ0v) is 8.82. The molecule has 0 aromatic heterocycles. The summed E-state index contributed by atoms with van der Waals surface area (Å²) in [4.78, 5) is 0. The Hall–Kier alpha value is -1.73. The lowest BCUT2D eigenvalue weighted by atomic mass is 9.98. The van der Waals surface area contributed by atoms with E-state index in [4.69, 9.17) is 15.7 Å². The fourth-order valence-electron chi connectivity index (χ4n) is 1.43. The third-order valence-electron chi connectivity index (χ3n) is 2.33. The molecule has 0 spiro atoms. The van der Waals surface area contributed by atoms with Crippen LogP contribution in [0.3, 0.4) is 0 Å². The molecule has 0 saturated carbocycles. The predicted molar refractivity (Wildman–Crippen MR) is 56.6 cm³/mol. The highest BCUT2D eigenvalue weighted by Gasteiger charge is 2.17. The van der Waals surface area contributed by atoms with Crippen molar-refractivity contribution in [1.82, 2.24) is 0 Å². The van der Waals surface area contributed by atoms with E-state index in [2.05, 4.69) is 0 Å². The smallest absolute Gasteiger partial charge is 0.163 e. The van der Waals surface area contributed by atoms with Gasteiger partial charge in [-0.3, -0.25) is 0 Å². The first kappa shape index (κ1) is 11.3. The zero-order valence-electron chi connectivity index (χ0n) is 8.82. The molecule has 0 heterocycles. The van der Waals surface area contributed by atoms with Gasteiger partial charge in [-0.15, -0.1) is 0 Å². The first-order valence-corrected chi connectivity index (χ1v) is 4.71. The Morgan fingerprint density at radius 3 is 2.73 bits per heavy atom. The van der Waals surface area contributed by atoms with E-state index in [1.165, 1.54) is 7.11 Å². The molecule has 0 unspecified atom stereocenters. The summed E-state index contributed by atoms with van der Waals surface area (Å²) in [5.41, 5.74) is 6.68. The number of methoxy groups -OCH3 is 1. The predicted octanol–water partition coefficient (Wildman–Crippen LogP) is 1.68. The average Bonchev–Trinajstić information content (AvgIpc) is 2.27. The van der Waals surface area contributed by atoms with Crippen molar-refractivity contribution < 1.29 is 9.84 Å². The van der Waals surface area contributed by atoms with Crippen LogP contribution in [-0.4, -0.2) is 12.2 Å². The maximum atomic E-state index is 9.85. The molecule has 1 aromatic rings. The van der Waals surface area contributed by atoms with Crippen molar-refractivity contribution in [3.05, 3.63) is 23.3 Å². The van der Waals surface area contributed by atoms with Gasteiger partial charge in [0.15, 0.2) is 11.5 Å². The van der Waals surface area contributed by atoms with Gasteiger partial charge in [-0.25, -0.2) is 0 Å². The first-order chi connectivity index (χ1) is 7.15. The average molecular weight is 206 g/mol. The van der Waals surface area contributed by atoms with Crippen LogP contribution in [0.25, 0.3) is 0 Å². The molecule has 0 aliphatic carbocycles. The summed E-state index contributed by atoms with van der Waals surface area (Å²) in [6.45, 7) is 1.89. The fraction of sp³-hybridized carbons (Fsp3) is 0.364. The molecule has 0 fully saturated rings. The Morgan fingerprint density at radius 1 is 1.60 bits per heavy atom. The molecule has 1 rings (SSSR count). The summed E-state index contributed by atoms with van der Waals surface area (Å²) < 4.78 is 4.96. The fourth-order valence-corrected chi connectivity index (χ4v) is 1.43. The summed E-state index contributed by atoms with van der Waals surface area (Å²) in [7, 11) is 1.46. The van der Waals surface area contributed by atoms with Gasteiger partial charge in [0.1, 0.15) is 0 Å². The Kier molecular flexibility index (Phi) is 3.53. The molecule has 0 aliphatic rings. The van der Waals surface area contributed by atoms with E-state index >= 15 is 0 Å². The normalized spacial score (nSPS) is 11.9. The third kappa shape index (κ3) is 2.03. The summed E-state index contributed by atoms with van der Waals surface area (Å²) in [6, 6.07) is 4.81. The highest BCUT2D eigenvalue weighted by atomic mass is 16.5. The van der Waals surface area contributed by atoms with Gasteiger partial charge in [0.2, 0.25) is 0 Å². The third-order valence-corrected chi connectivity index (χ3v) is 2.33. The van der Waals surface area contributed by atoms with Gasteiger partial charge in [0.25, 0.3) is 0 Å². The minimum absolute atomic E-state index is 0.0362. The number of phenols is 1. The summed E-state index contributed by atoms with van der Waals surface area (Å²) in [5.74, 6) is 0.304. The standard InChI is InChI=1S/C11H14N2O2/c1-3-8(13)10-7(6-12)4-5-9(15-2)11(10)14/h4-5,8,14H,3,13H2,1-2H3/t8-/m0/s1. The number of rotatable bonds is 3. The van der Waals surface area contributed by atoms with Crippen LogP contribution >= 0.6 is 0 Å². The molecule has 0 amide bonds. The number of benzene rings is 1. The van der Waals surface area contributed by atoms with E-state index in [-0.39, 0.29) is 11.8 Å². The summed E-state index contributed by atoms with van der Waals surface area (Å²) >= 11 is 0. The highest BCUT2D eigenvalue weighted by molar-refractivity contribution is 5.55. The van der Waals surface area contributed by atoms with Crippen LogP contribution in [0.1, 0.15) is 30.5 Å². The maximum absolute atomic E-state index is 9.85. The second-order valence-electron chi connectivity index (χ2n) is 3.20. The minimum atomic E-state index is -0.352. The van der Waals surface area contributed by atoms with Gasteiger partial charge in [-0.2, -0.15) is 5.26 Å². The lowest BCUT2D eigenvalue weighted by Gasteiger charge is -2.15. The van der Waals surface area contributed by atoms with Crippen molar-refractivity contribution in [3.8, 4) is 17.6 Å². The number of phenolic OH excluding ortho intramolecular Hbond substituents is 1. The van der Waals surface area contributed by atoms with Crippen LogP contribution in [0.4, 0.5) is 0 Å². The number of nitriles is 1. The summed E-state index contributed by atoms with van der Waals surface area (Å²) in [6.07, 6.45) is 0.648. The van der Waals surface area contributed by atoms with Crippen molar-refractivity contribution in [2.24, 2.45) is 5.73 Å². The number of ether oxygens (including phenoxy) is 1. The molecular formula is C11H14N2O2. The molecule has 1 atom stereocenters. The lowest BCUT2D eigenvalue weighted by Crippen LogP contribution is -2.11. The van der Waals surface area contributed by atoms with Gasteiger partial charge in [-0.1, -0.05) is 6.92 Å².